The molecular formula is C24H24N6O2. The number of aryl methyl sites for hydroxylation is 1. The number of carbonyl (C=O) groups is 1. The lowest BCUT2D eigenvalue weighted by molar-refractivity contribution is -0.109. The van der Waals surface area contributed by atoms with Gasteiger partial charge < -0.3 is 10.6 Å². The summed E-state index contributed by atoms with van der Waals surface area (Å²) in [6, 6.07) is 11.9. The van der Waals surface area contributed by atoms with Crippen molar-refractivity contribution in [2.45, 2.75) is 26.8 Å². The van der Waals surface area contributed by atoms with Crippen LogP contribution in [0.15, 0.2) is 57.6 Å². The minimum absolute atomic E-state index is 0.264. The topological polar surface area (TPSA) is 101 Å². The van der Waals surface area contributed by atoms with Crippen LogP contribution in [0.4, 0.5) is 5.82 Å². The summed E-state index contributed by atoms with van der Waals surface area (Å²) >= 11 is 0. The summed E-state index contributed by atoms with van der Waals surface area (Å²) in [5.74, 6) is 0.264. The maximum atomic E-state index is 13.5. The Labute approximate surface area is 185 Å². The van der Waals surface area contributed by atoms with Gasteiger partial charge in [-0.05, 0) is 42.7 Å². The first kappa shape index (κ1) is 21.2. The molecule has 0 radical (unpaired) electrons. The quantitative estimate of drug-likeness (QED) is 0.527. The van der Waals surface area contributed by atoms with Crippen molar-refractivity contribution < 1.29 is 4.79 Å². The standard InChI is InChI=1S/C24H24N6O2/c1-15-12-27-23(26-10-9-18-7-5-4-6-8-18)24(32)30(15)22-16(2)19(13-25-14-31)11-20-21(22)17(3)28-29-20/h4-8,11-12,14H,2,9-10,13H2,1,3H3,(H,25,31)(H,26,27). The molecule has 1 aliphatic heterocycles. The van der Waals surface area contributed by atoms with Gasteiger partial charge in [-0.1, -0.05) is 36.9 Å². The third-order valence-corrected chi connectivity index (χ3v) is 5.43. The summed E-state index contributed by atoms with van der Waals surface area (Å²) < 4.78 is 1.60. The first-order valence-corrected chi connectivity index (χ1v) is 10.3. The van der Waals surface area contributed by atoms with Gasteiger partial charge in [0.15, 0.2) is 5.82 Å². The van der Waals surface area contributed by atoms with Crippen LogP contribution in [0, 0.1) is 6.92 Å². The van der Waals surface area contributed by atoms with Crippen molar-refractivity contribution in [3.8, 4) is 5.69 Å². The molecule has 32 heavy (non-hydrogen) atoms. The average Bonchev–Trinajstić information content (AvgIpc) is 3.16. The number of benzene rings is 2. The Morgan fingerprint density at radius 3 is 2.69 bits per heavy atom. The fourth-order valence-corrected chi connectivity index (χ4v) is 3.83. The van der Waals surface area contributed by atoms with Crippen LogP contribution in [0.1, 0.15) is 29.3 Å². The number of aromatic nitrogens is 2. The van der Waals surface area contributed by atoms with Crippen LogP contribution in [0.2, 0.25) is 0 Å². The van der Waals surface area contributed by atoms with Crippen molar-refractivity contribution in [2.24, 2.45) is 10.2 Å². The molecule has 8 nitrogen and oxygen atoms in total. The second-order valence-corrected chi connectivity index (χ2v) is 7.59. The van der Waals surface area contributed by atoms with E-state index in [-0.39, 0.29) is 17.9 Å². The molecule has 1 amide bonds. The van der Waals surface area contributed by atoms with Crippen LogP contribution in [-0.2, 0) is 17.8 Å². The van der Waals surface area contributed by atoms with Crippen LogP contribution in [0.5, 0.6) is 0 Å². The molecule has 8 heteroatoms. The molecule has 2 aromatic carbocycles. The highest BCUT2D eigenvalue weighted by Crippen LogP contribution is 2.14. The van der Waals surface area contributed by atoms with Crippen LogP contribution < -0.4 is 26.8 Å². The molecule has 0 atom stereocenters. The average molecular weight is 428 g/mol. The Kier molecular flexibility index (Phi) is 5.93. The molecule has 4 rings (SSSR count). The van der Waals surface area contributed by atoms with E-state index in [0.29, 0.717) is 40.6 Å². The van der Waals surface area contributed by atoms with Crippen molar-refractivity contribution in [3.05, 3.63) is 85.9 Å². The molecule has 1 aliphatic rings. The Morgan fingerprint density at radius 2 is 1.94 bits per heavy atom. The van der Waals surface area contributed by atoms with Crippen molar-refractivity contribution in [2.75, 3.05) is 11.9 Å². The molecule has 0 fully saturated rings. The van der Waals surface area contributed by atoms with E-state index in [1.54, 1.807) is 10.8 Å². The lowest BCUT2D eigenvalue weighted by Crippen LogP contribution is -2.35. The largest absolute Gasteiger partial charge is 0.365 e. The van der Waals surface area contributed by atoms with Gasteiger partial charge in [-0.3, -0.25) is 14.2 Å². The van der Waals surface area contributed by atoms with Gasteiger partial charge in [-0.25, -0.2) is 4.98 Å². The first-order valence-electron chi connectivity index (χ1n) is 10.3. The number of nitrogens with zero attached hydrogens (tertiary/aromatic N) is 4. The van der Waals surface area contributed by atoms with Crippen molar-refractivity contribution in [3.63, 3.8) is 0 Å². The van der Waals surface area contributed by atoms with Crippen LogP contribution in [0.3, 0.4) is 0 Å². The Morgan fingerprint density at radius 1 is 1.16 bits per heavy atom. The third kappa shape index (κ3) is 3.94. The third-order valence-electron chi connectivity index (χ3n) is 5.43. The highest BCUT2D eigenvalue weighted by atomic mass is 16.1. The summed E-state index contributed by atoms with van der Waals surface area (Å²) in [7, 11) is 0. The van der Waals surface area contributed by atoms with E-state index in [2.05, 4.69) is 32.4 Å². The first-order chi connectivity index (χ1) is 15.5. The highest BCUT2D eigenvalue weighted by molar-refractivity contribution is 6.02. The summed E-state index contributed by atoms with van der Waals surface area (Å²) in [5, 5.41) is 15.5. The van der Waals surface area contributed by atoms with Crippen molar-refractivity contribution in [1.82, 2.24) is 14.9 Å². The molecular weight excluding hydrogens is 404 g/mol. The number of carbonyl (C=O) groups excluding carboxylic acids is 1. The second kappa shape index (κ2) is 8.97. The van der Waals surface area contributed by atoms with Crippen LogP contribution >= 0.6 is 0 Å². The number of fused-ring (bicyclic) bond motifs is 1. The van der Waals surface area contributed by atoms with Gasteiger partial charge in [-0.2, -0.15) is 10.2 Å². The lowest BCUT2D eigenvalue weighted by Gasteiger charge is -2.17. The predicted molar refractivity (Wildman–Crippen MR) is 125 cm³/mol. The van der Waals surface area contributed by atoms with E-state index in [9.17, 15) is 9.59 Å². The number of rotatable bonds is 8. The van der Waals surface area contributed by atoms with E-state index >= 15 is 0 Å². The van der Waals surface area contributed by atoms with Gasteiger partial charge >= 0.3 is 0 Å². The molecule has 2 heterocycles. The number of nitrogens with one attached hydrogen (secondary N) is 2. The minimum atomic E-state index is -0.273. The predicted octanol–water partition coefficient (Wildman–Crippen LogP) is 1.21. The van der Waals surface area contributed by atoms with Crippen LogP contribution in [-0.4, -0.2) is 28.2 Å². The fraction of sp³-hybridized carbons (Fsp3) is 0.208. The van der Waals surface area contributed by atoms with E-state index in [1.807, 2.05) is 50.2 Å². The molecule has 0 spiro atoms. The van der Waals surface area contributed by atoms with E-state index in [0.717, 1.165) is 17.5 Å². The Balaban J connectivity index is 1.78. The van der Waals surface area contributed by atoms with Gasteiger partial charge in [0.25, 0.3) is 5.56 Å². The maximum absolute atomic E-state index is 13.5. The number of hydrogen-bond acceptors (Lipinski definition) is 6. The zero-order chi connectivity index (χ0) is 22.7. The Hall–Kier alpha value is -4.07. The SMILES string of the molecule is C=c1c(CNC=O)cc2c(c1-n1c(C)cnc(NCCc3ccccc3)c1=O)C(C)=NN=2. The molecule has 3 aromatic rings. The van der Waals surface area contributed by atoms with Crippen molar-refractivity contribution >= 4 is 24.5 Å². The van der Waals surface area contributed by atoms with Crippen LogP contribution in [0.25, 0.3) is 12.3 Å². The van der Waals surface area contributed by atoms with Gasteiger partial charge in [0.2, 0.25) is 6.41 Å². The monoisotopic (exact) mass is 428 g/mol. The molecule has 162 valence electrons. The molecule has 2 N–H and O–H groups in total. The summed E-state index contributed by atoms with van der Waals surface area (Å²) in [4.78, 5) is 28.7. The van der Waals surface area contributed by atoms with E-state index < -0.39 is 0 Å². The molecule has 0 bridgehead atoms. The van der Waals surface area contributed by atoms with Gasteiger partial charge in [0, 0.05) is 30.5 Å². The molecule has 0 unspecified atom stereocenters. The normalized spacial score (nSPS) is 12.0. The van der Waals surface area contributed by atoms with Gasteiger partial charge in [0.05, 0.1) is 16.8 Å². The molecule has 0 saturated heterocycles. The highest BCUT2D eigenvalue weighted by Gasteiger charge is 2.21. The summed E-state index contributed by atoms with van der Waals surface area (Å²) in [6.07, 6.45) is 3.06. The molecule has 0 saturated carbocycles. The zero-order valence-electron chi connectivity index (χ0n) is 18.1. The fourth-order valence-electron chi connectivity index (χ4n) is 3.83. The van der Waals surface area contributed by atoms with Crippen molar-refractivity contribution in [1.29, 1.82) is 0 Å². The maximum Gasteiger partial charge on any atom is 0.298 e. The van der Waals surface area contributed by atoms with Gasteiger partial charge in [0.1, 0.15) is 0 Å². The number of anilines is 1. The smallest absolute Gasteiger partial charge is 0.298 e. The number of hydrogen-bond donors (Lipinski definition) is 2. The molecule has 1 aromatic heterocycles. The zero-order valence-corrected chi connectivity index (χ0v) is 18.1. The second-order valence-electron chi connectivity index (χ2n) is 7.59. The van der Waals surface area contributed by atoms with E-state index in [1.165, 1.54) is 5.56 Å². The minimum Gasteiger partial charge on any atom is -0.365 e. The van der Waals surface area contributed by atoms with Gasteiger partial charge in [-0.15, -0.1) is 0 Å². The number of amides is 1. The summed E-state index contributed by atoms with van der Waals surface area (Å²) in [5.41, 5.74) is 4.41. The summed E-state index contributed by atoms with van der Waals surface area (Å²) in [6.45, 7) is 8.74. The van der Waals surface area contributed by atoms with E-state index in [4.69, 9.17) is 0 Å². The Bertz CT molecular complexity index is 1380. The molecule has 0 aliphatic carbocycles. The lowest BCUT2D eigenvalue weighted by atomic mass is 10.0.